The van der Waals surface area contributed by atoms with E-state index in [9.17, 15) is 19.2 Å². The summed E-state index contributed by atoms with van der Waals surface area (Å²) >= 11 is 0. The second-order valence-corrected chi connectivity index (χ2v) is 6.72. The first-order valence-electron chi connectivity index (χ1n) is 9.16. The molecule has 2 amide bonds. The third-order valence-electron chi connectivity index (χ3n) is 4.74. The highest BCUT2D eigenvalue weighted by atomic mass is 16.2. The Labute approximate surface area is 166 Å². The molecular formula is C21H22N4O4. The summed E-state index contributed by atoms with van der Waals surface area (Å²) in [6.45, 7) is 0.228. The number of aromatic nitrogens is 2. The molecule has 0 aliphatic heterocycles. The SMILES string of the molecule is Cn1c(CNC(=O)CCNC(=O)c2ccc3ccccc3c2)cc(=O)n(C)c1=O. The Morgan fingerprint density at radius 3 is 2.38 bits per heavy atom. The maximum atomic E-state index is 12.3. The van der Waals surface area contributed by atoms with Gasteiger partial charge in [-0.05, 0) is 22.9 Å². The van der Waals surface area contributed by atoms with Gasteiger partial charge in [0, 0.05) is 44.4 Å². The minimum absolute atomic E-state index is 0.0548. The topological polar surface area (TPSA) is 102 Å². The van der Waals surface area contributed by atoms with Gasteiger partial charge in [-0.25, -0.2) is 4.79 Å². The lowest BCUT2D eigenvalue weighted by molar-refractivity contribution is -0.121. The molecule has 8 heteroatoms. The molecular weight excluding hydrogens is 372 g/mol. The van der Waals surface area contributed by atoms with E-state index in [1.165, 1.54) is 24.7 Å². The highest BCUT2D eigenvalue weighted by molar-refractivity contribution is 5.98. The molecule has 3 rings (SSSR count). The lowest BCUT2D eigenvalue weighted by Crippen LogP contribution is -2.39. The average Bonchev–Trinajstić information content (AvgIpc) is 2.73. The number of rotatable bonds is 6. The van der Waals surface area contributed by atoms with Crippen molar-refractivity contribution in [1.82, 2.24) is 19.8 Å². The van der Waals surface area contributed by atoms with Crippen LogP contribution in [0.4, 0.5) is 0 Å². The highest BCUT2D eigenvalue weighted by Gasteiger charge is 2.09. The van der Waals surface area contributed by atoms with Crippen molar-refractivity contribution in [2.45, 2.75) is 13.0 Å². The summed E-state index contributed by atoms with van der Waals surface area (Å²) in [5.74, 6) is -0.547. The van der Waals surface area contributed by atoms with Gasteiger partial charge >= 0.3 is 5.69 Å². The van der Waals surface area contributed by atoms with E-state index in [1.807, 2.05) is 30.3 Å². The molecule has 0 bridgehead atoms. The molecule has 0 radical (unpaired) electrons. The average molecular weight is 394 g/mol. The van der Waals surface area contributed by atoms with Crippen LogP contribution in [0.2, 0.25) is 0 Å². The number of carbonyl (C=O) groups excluding carboxylic acids is 2. The maximum absolute atomic E-state index is 12.3. The number of amides is 2. The smallest absolute Gasteiger partial charge is 0.330 e. The molecule has 150 valence electrons. The van der Waals surface area contributed by atoms with E-state index >= 15 is 0 Å². The van der Waals surface area contributed by atoms with E-state index in [4.69, 9.17) is 0 Å². The van der Waals surface area contributed by atoms with Crippen molar-refractivity contribution >= 4 is 22.6 Å². The van der Waals surface area contributed by atoms with Crippen LogP contribution in [0.5, 0.6) is 0 Å². The van der Waals surface area contributed by atoms with E-state index in [1.54, 1.807) is 12.1 Å². The fourth-order valence-electron chi connectivity index (χ4n) is 2.95. The minimum atomic E-state index is -0.454. The van der Waals surface area contributed by atoms with Crippen LogP contribution in [-0.4, -0.2) is 27.5 Å². The quantitative estimate of drug-likeness (QED) is 0.642. The molecule has 0 spiro atoms. The van der Waals surface area contributed by atoms with E-state index < -0.39 is 11.2 Å². The number of carbonyl (C=O) groups is 2. The van der Waals surface area contributed by atoms with Gasteiger partial charge in [0.2, 0.25) is 5.91 Å². The summed E-state index contributed by atoms with van der Waals surface area (Å²) in [5, 5.41) is 7.39. The van der Waals surface area contributed by atoms with Gasteiger partial charge in [0.05, 0.1) is 6.54 Å². The number of benzene rings is 2. The van der Waals surface area contributed by atoms with Crippen LogP contribution in [-0.2, 0) is 25.4 Å². The van der Waals surface area contributed by atoms with Crippen LogP contribution in [0, 0.1) is 0 Å². The summed E-state index contributed by atoms with van der Waals surface area (Å²) in [5.41, 5.74) is 0.0512. The van der Waals surface area contributed by atoms with Crippen molar-refractivity contribution in [3.63, 3.8) is 0 Å². The standard InChI is InChI=1S/C21H22N4O4/c1-24-17(12-19(27)25(2)21(24)29)13-23-18(26)9-10-22-20(28)16-8-7-14-5-3-4-6-15(14)11-16/h3-8,11-12H,9-10,13H2,1-2H3,(H,22,28)(H,23,26). The van der Waals surface area contributed by atoms with Gasteiger partial charge in [0.15, 0.2) is 0 Å². The normalized spacial score (nSPS) is 10.7. The van der Waals surface area contributed by atoms with E-state index in [0.29, 0.717) is 11.3 Å². The summed E-state index contributed by atoms with van der Waals surface area (Å²) < 4.78 is 2.30. The van der Waals surface area contributed by atoms with Gasteiger partial charge in [-0.3, -0.25) is 23.5 Å². The van der Waals surface area contributed by atoms with Crippen LogP contribution in [0.15, 0.2) is 58.1 Å². The third-order valence-corrected chi connectivity index (χ3v) is 4.74. The number of fused-ring (bicyclic) bond motifs is 1. The second kappa shape index (κ2) is 8.55. The molecule has 0 saturated heterocycles. The van der Waals surface area contributed by atoms with Crippen molar-refractivity contribution in [3.05, 3.63) is 80.6 Å². The molecule has 2 N–H and O–H groups in total. The Hall–Kier alpha value is -3.68. The van der Waals surface area contributed by atoms with E-state index in [0.717, 1.165) is 15.3 Å². The molecule has 0 fully saturated rings. The maximum Gasteiger partial charge on any atom is 0.330 e. The van der Waals surface area contributed by atoms with Gasteiger partial charge in [-0.15, -0.1) is 0 Å². The van der Waals surface area contributed by atoms with Crippen LogP contribution < -0.4 is 21.9 Å². The Balaban J connectivity index is 1.51. The molecule has 0 atom stereocenters. The molecule has 29 heavy (non-hydrogen) atoms. The van der Waals surface area contributed by atoms with Gasteiger partial charge in [0.1, 0.15) is 0 Å². The summed E-state index contributed by atoms with van der Waals surface area (Å²) in [6.07, 6.45) is 0.0815. The van der Waals surface area contributed by atoms with Crippen molar-refractivity contribution in [1.29, 1.82) is 0 Å². The van der Waals surface area contributed by atoms with Crippen molar-refractivity contribution in [2.24, 2.45) is 14.1 Å². The zero-order valence-electron chi connectivity index (χ0n) is 16.3. The van der Waals surface area contributed by atoms with Crippen LogP contribution in [0.1, 0.15) is 22.5 Å². The third kappa shape index (κ3) is 4.60. The Morgan fingerprint density at radius 1 is 0.897 bits per heavy atom. The Morgan fingerprint density at radius 2 is 1.62 bits per heavy atom. The first-order chi connectivity index (χ1) is 13.9. The summed E-state index contributed by atoms with van der Waals surface area (Å²) in [6, 6.07) is 14.5. The molecule has 0 aliphatic rings. The zero-order chi connectivity index (χ0) is 21.0. The van der Waals surface area contributed by atoms with Crippen LogP contribution in [0.25, 0.3) is 10.8 Å². The zero-order valence-corrected chi connectivity index (χ0v) is 16.3. The predicted molar refractivity (Wildman–Crippen MR) is 110 cm³/mol. The number of hydrogen-bond acceptors (Lipinski definition) is 4. The highest BCUT2D eigenvalue weighted by Crippen LogP contribution is 2.15. The first kappa shape index (κ1) is 20.1. The monoisotopic (exact) mass is 394 g/mol. The lowest BCUT2D eigenvalue weighted by atomic mass is 10.1. The molecule has 3 aromatic rings. The van der Waals surface area contributed by atoms with Crippen LogP contribution in [0.3, 0.4) is 0 Å². The molecule has 0 aliphatic carbocycles. The molecule has 2 aromatic carbocycles. The lowest BCUT2D eigenvalue weighted by Gasteiger charge is -2.11. The van der Waals surface area contributed by atoms with Crippen LogP contribution >= 0.6 is 0 Å². The van der Waals surface area contributed by atoms with Crippen molar-refractivity contribution in [2.75, 3.05) is 6.54 Å². The van der Waals surface area contributed by atoms with Gasteiger partial charge < -0.3 is 10.6 Å². The second-order valence-electron chi connectivity index (χ2n) is 6.72. The molecule has 0 unspecified atom stereocenters. The molecule has 0 saturated carbocycles. The summed E-state index contributed by atoms with van der Waals surface area (Å²) in [4.78, 5) is 47.9. The van der Waals surface area contributed by atoms with E-state index in [-0.39, 0.29) is 31.3 Å². The number of nitrogens with zero attached hydrogens (tertiary/aromatic N) is 2. The molecule has 1 heterocycles. The number of nitrogens with one attached hydrogen (secondary N) is 2. The first-order valence-corrected chi connectivity index (χ1v) is 9.16. The van der Waals surface area contributed by atoms with Crippen molar-refractivity contribution in [3.8, 4) is 0 Å². The minimum Gasteiger partial charge on any atom is -0.352 e. The number of hydrogen-bond donors (Lipinski definition) is 2. The molecule has 8 nitrogen and oxygen atoms in total. The Bertz CT molecular complexity index is 1190. The van der Waals surface area contributed by atoms with Crippen molar-refractivity contribution < 1.29 is 9.59 Å². The largest absolute Gasteiger partial charge is 0.352 e. The van der Waals surface area contributed by atoms with Gasteiger partial charge in [0.25, 0.3) is 11.5 Å². The van der Waals surface area contributed by atoms with Gasteiger partial charge in [-0.2, -0.15) is 0 Å². The molecule has 1 aromatic heterocycles. The van der Waals surface area contributed by atoms with E-state index in [2.05, 4.69) is 10.6 Å². The fraction of sp³-hybridized carbons (Fsp3) is 0.238. The van der Waals surface area contributed by atoms with Gasteiger partial charge in [-0.1, -0.05) is 30.3 Å². The fourth-order valence-corrected chi connectivity index (χ4v) is 2.95. The Kier molecular flexibility index (Phi) is 5.92. The summed E-state index contributed by atoms with van der Waals surface area (Å²) in [7, 11) is 2.93. The predicted octanol–water partition coefficient (Wildman–Crippen LogP) is 0.673.